The average molecular weight is 619 g/mol. The van der Waals surface area contributed by atoms with E-state index in [1.165, 1.54) is 0 Å². The molecule has 2 aromatic carbocycles. The fourth-order valence-electron chi connectivity index (χ4n) is 5.30. The van der Waals surface area contributed by atoms with Crippen molar-refractivity contribution in [2.45, 2.75) is 81.9 Å². The Hall–Kier alpha value is -3.07. The molecule has 1 saturated carbocycles. The molecule has 5 N–H and O–H groups in total. The average Bonchev–Trinajstić information content (AvgIpc) is 3.62. The number of benzene rings is 2. The van der Waals surface area contributed by atoms with Crippen LogP contribution in [0.1, 0.15) is 31.4 Å². The molecule has 0 aromatic heterocycles. The molecule has 9 atom stereocenters. The van der Waals surface area contributed by atoms with Crippen molar-refractivity contribution in [3.8, 4) is 5.75 Å². The molecular formula is C30H35ClN2O10. The van der Waals surface area contributed by atoms with Gasteiger partial charge in [0.2, 0.25) is 12.2 Å². The number of nitrogens with zero attached hydrogens (tertiary/aromatic N) is 1. The number of rotatable bonds is 9. The maximum atomic E-state index is 12.8. The van der Waals surface area contributed by atoms with Crippen molar-refractivity contribution in [3.63, 3.8) is 0 Å². The van der Waals surface area contributed by atoms with Crippen LogP contribution in [0.4, 0.5) is 0 Å². The monoisotopic (exact) mass is 618 g/mol. The first-order valence-electron chi connectivity index (χ1n) is 13.9. The SMILES string of the molecule is CC(=Cc1ccc(O[C@H]2C[C@H](O)[C@@H](C(C)=NOCc3cccc(Cl)c3)O2)cc1)C(=O)NC1[C@@H](O)[C@@H]2OCO[C@@H]2[C@H](O)[C@H]1O. The third-order valence-electron chi connectivity index (χ3n) is 7.61. The number of oxime groups is 1. The molecule has 0 spiro atoms. The molecule has 2 heterocycles. The summed E-state index contributed by atoms with van der Waals surface area (Å²) >= 11 is 5.99. The summed E-state index contributed by atoms with van der Waals surface area (Å²) in [6, 6.07) is 13.0. The van der Waals surface area contributed by atoms with E-state index in [2.05, 4.69) is 10.5 Å². The van der Waals surface area contributed by atoms with Gasteiger partial charge in [0, 0.05) is 17.0 Å². The van der Waals surface area contributed by atoms with E-state index in [4.69, 9.17) is 35.4 Å². The van der Waals surface area contributed by atoms with Crippen LogP contribution in [0.3, 0.4) is 0 Å². The molecule has 2 aliphatic heterocycles. The van der Waals surface area contributed by atoms with Crippen LogP contribution >= 0.6 is 11.6 Å². The van der Waals surface area contributed by atoms with E-state index < -0.39 is 61.0 Å². The van der Waals surface area contributed by atoms with Gasteiger partial charge >= 0.3 is 0 Å². The number of nitrogens with one attached hydrogen (secondary N) is 1. The lowest BCUT2D eigenvalue weighted by atomic mass is 9.83. The highest BCUT2D eigenvalue weighted by Gasteiger charge is 2.53. The predicted octanol–water partition coefficient (Wildman–Crippen LogP) is 1.51. The Morgan fingerprint density at radius 3 is 2.49 bits per heavy atom. The number of aliphatic hydroxyl groups is 4. The maximum Gasteiger partial charge on any atom is 0.247 e. The van der Waals surface area contributed by atoms with E-state index in [0.29, 0.717) is 27.6 Å². The molecule has 0 bridgehead atoms. The Balaban J connectivity index is 1.12. The lowest BCUT2D eigenvalue weighted by molar-refractivity contribution is -0.155. The molecule has 2 saturated heterocycles. The van der Waals surface area contributed by atoms with Crippen LogP contribution in [0.25, 0.3) is 6.08 Å². The molecular weight excluding hydrogens is 584 g/mol. The van der Waals surface area contributed by atoms with Gasteiger partial charge in [-0.2, -0.15) is 0 Å². The second-order valence-corrected chi connectivity index (χ2v) is 11.2. The lowest BCUT2D eigenvalue weighted by Crippen LogP contribution is -2.67. The van der Waals surface area contributed by atoms with Crippen molar-refractivity contribution < 1.29 is 49.0 Å². The van der Waals surface area contributed by atoms with Gasteiger partial charge in [0.1, 0.15) is 55.8 Å². The zero-order valence-electron chi connectivity index (χ0n) is 23.6. The number of carbonyl (C=O) groups excluding carboxylic acids is 1. The highest BCUT2D eigenvalue weighted by Crippen LogP contribution is 2.30. The van der Waals surface area contributed by atoms with Crippen LogP contribution in [0, 0.1) is 0 Å². The Morgan fingerprint density at radius 2 is 1.77 bits per heavy atom. The number of fused-ring (bicyclic) bond motifs is 1. The topological polar surface area (TPSA) is 169 Å². The Kier molecular flexibility index (Phi) is 9.99. The molecule has 5 rings (SSSR count). The first kappa shape index (κ1) is 31.4. The van der Waals surface area contributed by atoms with Crippen molar-refractivity contribution in [1.82, 2.24) is 5.32 Å². The molecule has 1 aliphatic carbocycles. The first-order chi connectivity index (χ1) is 20.6. The van der Waals surface area contributed by atoms with Crippen LogP contribution in [0.15, 0.2) is 59.3 Å². The minimum Gasteiger partial charge on any atom is -0.465 e. The van der Waals surface area contributed by atoms with Gasteiger partial charge in [-0.3, -0.25) is 4.79 Å². The zero-order valence-corrected chi connectivity index (χ0v) is 24.3. The highest BCUT2D eigenvalue weighted by molar-refractivity contribution is 6.30. The second kappa shape index (κ2) is 13.7. The summed E-state index contributed by atoms with van der Waals surface area (Å²) in [4.78, 5) is 18.2. The van der Waals surface area contributed by atoms with Gasteiger partial charge in [0.25, 0.3) is 0 Å². The summed E-state index contributed by atoms with van der Waals surface area (Å²) in [5, 5.41) is 49.1. The molecule has 2 aromatic rings. The molecule has 1 amide bonds. The van der Waals surface area contributed by atoms with E-state index >= 15 is 0 Å². The van der Waals surface area contributed by atoms with Crippen LogP contribution in [0.2, 0.25) is 5.02 Å². The Labute approximate surface area is 253 Å². The second-order valence-electron chi connectivity index (χ2n) is 10.8. The number of halogens is 1. The van der Waals surface area contributed by atoms with Gasteiger partial charge in [-0.25, -0.2) is 0 Å². The van der Waals surface area contributed by atoms with Gasteiger partial charge in [0.15, 0.2) is 0 Å². The molecule has 232 valence electrons. The van der Waals surface area contributed by atoms with Gasteiger partial charge in [-0.05, 0) is 55.3 Å². The molecule has 3 aliphatic rings. The number of hydrogen-bond acceptors (Lipinski definition) is 11. The maximum absolute atomic E-state index is 12.8. The Morgan fingerprint density at radius 1 is 1.05 bits per heavy atom. The van der Waals surface area contributed by atoms with Gasteiger partial charge in [-0.1, -0.05) is 41.0 Å². The van der Waals surface area contributed by atoms with Crippen LogP contribution < -0.4 is 10.1 Å². The molecule has 0 radical (unpaired) electrons. The predicted molar refractivity (Wildman–Crippen MR) is 154 cm³/mol. The van der Waals surface area contributed by atoms with Gasteiger partial charge < -0.3 is 49.5 Å². The quantitative estimate of drug-likeness (QED) is 0.158. The summed E-state index contributed by atoms with van der Waals surface area (Å²) < 4.78 is 22.3. The van der Waals surface area contributed by atoms with Crippen molar-refractivity contribution in [2.75, 3.05) is 6.79 Å². The van der Waals surface area contributed by atoms with Crippen molar-refractivity contribution in [1.29, 1.82) is 0 Å². The number of amides is 1. The fourth-order valence-corrected chi connectivity index (χ4v) is 5.51. The molecule has 3 fully saturated rings. The largest absolute Gasteiger partial charge is 0.465 e. The molecule has 13 heteroatoms. The van der Waals surface area contributed by atoms with E-state index in [-0.39, 0.29) is 19.8 Å². The minimum atomic E-state index is -1.43. The number of hydrogen-bond donors (Lipinski definition) is 5. The lowest BCUT2D eigenvalue weighted by Gasteiger charge is -2.41. The molecule has 1 unspecified atom stereocenters. The van der Waals surface area contributed by atoms with Crippen molar-refractivity contribution >= 4 is 29.3 Å². The number of carbonyl (C=O) groups is 1. The van der Waals surface area contributed by atoms with E-state index in [9.17, 15) is 25.2 Å². The summed E-state index contributed by atoms with van der Waals surface area (Å²) in [6.45, 7) is 3.41. The van der Waals surface area contributed by atoms with Crippen LogP contribution in [-0.4, -0.2) is 93.9 Å². The van der Waals surface area contributed by atoms with E-state index in [1.54, 1.807) is 56.3 Å². The fraction of sp³-hybridized carbons (Fsp3) is 0.467. The minimum absolute atomic E-state index is 0.113. The van der Waals surface area contributed by atoms with E-state index in [1.807, 2.05) is 12.1 Å². The van der Waals surface area contributed by atoms with Crippen LogP contribution in [0.5, 0.6) is 5.75 Å². The third kappa shape index (κ3) is 7.36. The smallest absolute Gasteiger partial charge is 0.247 e. The van der Waals surface area contributed by atoms with Crippen molar-refractivity contribution in [3.05, 3.63) is 70.3 Å². The third-order valence-corrected chi connectivity index (χ3v) is 7.85. The highest BCUT2D eigenvalue weighted by atomic mass is 35.5. The summed E-state index contributed by atoms with van der Waals surface area (Å²) in [7, 11) is 0. The normalized spacial score (nSPS) is 32.8. The van der Waals surface area contributed by atoms with Gasteiger partial charge in [0.05, 0.1) is 17.9 Å². The Bertz CT molecular complexity index is 1340. The number of ether oxygens (including phenoxy) is 4. The van der Waals surface area contributed by atoms with Crippen LogP contribution in [-0.2, 0) is 30.4 Å². The number of aliphatic hydroxyl groups excluding tert-OH is 4. The summed E-state index contributed by atoms with van der Waals surface area (Å²) in [5.74, 6) is -0.0272. The molecule has 43 heavy (non-hydrogen) atoms. The van der Waals surface area contributed by atoms with Gasteiger partial charge in [-0.15, -0.1) is 0 Å². The summed E-state index contributed by atoms with van der Waals surface area (Å²) in [6.07, 6.45) is -6.08. The van der Waals surface area contributed by atoms with E-state index in [0.717, 1.165) is 5.56 Å². The zero-order chi connectivity index (χ0) is 30.7. The van der Waals surface area contributed by atoms with Crippen molar-refractivity contribution in [2.24, 2.45) is 5.16 Å². The molecule has 12 nitrogen and oxygen atoms in total. The summed E-state index contributed by atoms with van der Waals surface area (Å²) in [5.41, 5.74) is 2.34. The standard InChI is InChI=1S/C30H35ClN2O10/c1-15(30(38)32-23-24(35)26(37)29-28(25(23)36)39-14-40-29)10-17-6-8-20(9-7-17)42-22-12-21(34)27(43-22)16(2)33-41-13-18-4-3-5-19(31)11-18/h3-11,21-29,34-37H,12-14H2,1-2H3,(H,32,38)/t21-,22+,23?,24-,25+,26+,27+,28-,29+/m0/s1. The first-order valence-corrected chi connectivity index (χ1v) is 14.3.